The number of halogens is 5. The van der Waals surface area contributed by atoms with Crippen LogP contribution in [0.3, 0.4) is 0 Å². The fourth-order valence-electron chi connectivity index (χ4n) is 0.872. The smallest absolute Gasteiger partial charge is 0.293 e. The highest BCUT2D eigenvalue weighted by Crippen LogP contribution is 2.29. The van der Waals surface area contributed by atoms with Crippen molar-refractivity contribution in [2.75, 3.05) is 5.88 Å². The molecular weight excluding hydrogens is 254 g/mol. The van der Waals surface area contributed by atoms with Crippen LogP contribution < -0.4 is 0 Å². The first kappa shape index (κ1) is 12.3. The molecular formula is C8H4Cl2F3NO. The van der Waals surface area contributed by atoms with Crippen molar-refractivity contribution in [2.24, 2.45) is 0 Å². The summed E-state index contributed by atoms with van der Waals surface area (Å²) in [7, 11) is 0. The van der Waals surface area contributed by atoms with Crippen LogP contribution in [-0.4, -0.2) is 16.6 Å². The van der Waals surface area contributed by atoms with Crippen LogP contribution in [0.1, 0.15) is 16.1 Å². The highest BCUT2D eigenvalue weighted by atomic mass is 35.5. The maximum atomic E-state index is 12.2. The molecule has 1 aromatic heterocycles. The van der Waals surface area contributed by atoms with Crippen molar-refractivity contribution in [1.82, 2.24) is 4.98 Å². The van der Waals surface area contributed by atoms with Crippen LogP contribution in [0.5, 0.6) is 0 Å². The summed E-state index contributed by atoms with van der Waals surface area (Å²) < 4.78 is 36.5. The van der Waals surface area contributed by atoms with E-state index in [9.17, 15) is 18.0 Å². The molecule has 0 saturated carbocycles. The molecule has 0 amide bonds. The molecule has 7 heteroatoms. The lowest BCUT2D eigenvalue weighted by Crippen LogP contribution is -2.10. The summed E-state index contributed by atoms with van der Waals surface area (Å²) in [4.78, 5) is 14.1. The Bertz CT molecular complexity index is 392. The van der Waals surface area contributed by atoms with Gasteiger partial charge in [0.2, 0.25) is 0 Å². The SMILES string of the molecule is O=C(CCl)c1ccc(C(F)(F)F)nc1Cl. The summed E-state index contributed by atoms with van der Waals surface area (Å²) in [5.74, 6) is -0.921. The number of nitrogens with zero attached hydrogens (tertiary/aromatic N) is 1. The summed E-state index contributed by atoms with van der Waals surface area (Å²) in [6.45, 7) is 0. The van der Waals surface area contributed by atoms with Crippen LogP contribution in [0, 0.1) is 0 Å². The van der Waals surface area contributed by atoms with Gasteiger partial charge in [0.25, 0.3) is 0 Å². The van der Waals surface area contributed by atoms with Gasteiger partial charge in [0, 0.05) is 0 Å². The zero-order chi connectivity index (χ0) is 11.6. The molecule has 0 aliphatic heterocycles. The number of pyridine rings is 1. The van der Waals surface area contributed by atoms with Crippen molar-refractivity contribution in [1.29, 1.82) is 0 Å². The number of carbonyl (C=O) groups excluding carboxylic acids is 1. The summed E-state index contributed by atoms with van der Waals surface area (Å²) in [5, 5.41) is -0.490. The molecule has 0 aliphatic carbocycles. The van der Waals surface area contributed by atoms with Crippen molar-refractivity contribution in [3.63, 3.8) is 0 Å². The van der Waals surface area contributed by atoms with Gasteiger partial charge in [0.15, 0.2) is 5.78 Å². The summed E-state index contributed by atoms with van der Waals surface area (Å²) in [6, 6.07) is 1.65. The Labute approximate surface area is 93.0 Å². The van der Waals surface area contributed by atoms with Crippen LogP contribution in [0.4, 0.5) is 13.2 Å². The first-order valence-corrected chi connectivity index (χ1v) is 4.60. The third-order valence-corrected chi connectivity index (χ3v) is 2.09. The third kappa shape index (κ3) is 2.82. The number of hydrogen-bond donors (Lipinski definition) is 0. The summed E-state index contributed by atoms with van der Waals surface area (Å²) >= 11 is 10.6. The average Bonchev–Trinajstić information content (AvgIpc) is 2.15. The van der Waals surface area contributed by atoms with Gasteiger partial charge in [-0.1, -0.05) is 11.6 Å². The normalized spacial score (nSPS) is 11.5. The highest BCUT2D eigenvalue weighted by Gasteiger charge is 2.33. The minimum Gasteiger partial charge on any atom is -0.293 e. The van der Waals surface area contributed by atoms with Gasteiger partial charge in [-0.15, -0.1) is 11.6 Å². The number of rotatable bonds is 2. The van der Waals surface area contributed by atoms with E-state index >= 15 is 0 Å². The first-order valence-electron chi connectivity index (χ1n) is 3.69. The molecule has 0 spiro atoms. The lowest BCUT2D eigenvalue weighted by atomic mass is 10.2. The number of ketones is 1. The number of hydrogen-bond acceptors (Lipinski definition) is 2. The number of aromatic nitrogens is 1. The second-order valence-electron chi connectivity index (χ2n) is 2.59. The molecule has 0 aromatic carbocycles. The zero-order valence-electron chi connectivity index (χ0n) is 7.11. The van der Waals surface area contributed by atoms with Crippen LogP contribution in [0.25, 0.3) is 0 Å². The molecule has 0 radical (unpaired) electrons. The second kappa shape index (κ2) is 4.37. The highest BCUT2D eigenvalue weighted by molar-refractivity contribution is 6.36. The quantitative estimate of drug-likeness (QED) is 0.463. The van der Waals surface area contributed by atoms with E-state index in [0.717, 1.165) is 6.07 Å². The van der Waals surface area contributed by atoms with Gasteiger partial charge < -0.3 is 0 Å². The molecule has 0 fully saturated rings. The Morgan fingerprint density at radius 2 is 2.00 bits per heavy atom. The lowest BCUT2D eigenvalue weighted by molar-refractivity contribution is -0.141. The standard InChI is InChI=1S/C8H4Cl2F3NO/c9-3-5(15)4-1-2-6(8(11,12)13)14-7(4)10/h1-2H,3H2. The largest absolute Gasteiger partial charge is 0.433 e. The molecule has 0 N–H and O–H groups in total. The minimum absolute atomic E-state index is 0.111. The van der Waals surface area contributed by atoms with E-state index in [1.807, 2.05) is 0 Å². The number of carbonyl (C=O) groups is 1. The van der Waals surface area contributed by atoms with E-state index in [-0.39, 0.29) is 11.4 Å². The maximum absolute atomic E-state index is 12.2. The van der Waals surface area contributed by atoms with E-state index in [1.54, 1.807) is 0 Å². The predicted octanol–water partition coefficient (Wildman–Crippen LogP) is 3.18. The van der Waals surface area contributed by atoms with Gasteiger partial charge in [-0.25, -0.2) is 4.98 Å². The van der Waals surface area contributed by atoms with Crippen LogP contribution in [-0.2, 0) is 6.18 Å². The molecule has 0 unspecified atom stereocenters. The maximum Gasteiger partial charge on any atom is 0.433 e. The monoisotopic (exact) mass is 257 g/mol. The Morgan fingerprint density at radius 1 is 1.40 bits per heavy atom. The van der Waals surface area contributed by atoms with Crippen LogP contribution >= 0.6 is 23.2 Å². The molecule has 1 heterocycles. The average molecular weight is 258 g/mol. The minimum atomic E-state index is -4.58. The van der Waals surface area contributed by atoms with Crippen LogP contribution in [0.2, 0.25) is 5.15 Å². The van der Waals surface area contributed by atoms with Crippen molar-refractivity contribution in [2.45, 2.75) is 6.18 Å². The predicted molar refractivity (Wildman–Crippen MR) is 49.3 cm³/mol. The zero-order valence-corrected chi connectivity index (χ0v) is 8.62. The topological polar surface area (TPSA) is 30.0 Å². The Morgan fingerprint density at radius 3 is 2.40 bits per heavy atom. The summed E-state index contributed by atoms with van der Waals surface area (Å²) in [6.07, 6.45) is -4.58. The van der Waals surface area contributed by atoms with E-state index in [0.29, 0.717) is 6.07 Å². The Kier molecular flexibility index (Phi) is 3.57. The molecule has 0 aliphatic rings. The van der Waals surface area contributed by atoms with Crippen LogP contribution in [0.15, 0.2) is 12.1 Å². The van der Waals surface area contributed by atoms with E-state index in [2.05, 4.69) is 4.98 Å². The molecule has 82 valence electrons. The van der Waals surface area contributed by atoms with Crippen molar-refractivity contribution < 1.29 is 18.0 Å². The van der Waals surface area contributed by atoms with E-state index in [4.69, 9.17) is 23.2 Å². The molecule has 1 rings (SSSR count). The van der Waals surface area contributed by atoms with E-state index < -0.39 is 22.8 Å². The van der Waals surface area contributed by atoms with E-state index in [1.165, 1.54) is 0 Å². The Hall–Kier alpha value is -0.810. The summed E-state index contributed by atoms with van der Waals surface area (Å²) in [5.41, 5.74) is -1.25. The molecule has 0 atom stereocenters. The fourth-order valence-corrected chi connectivity index (χ4v) is 1.28. The third-order valence-electron chi connectivity index (χ3n) is 1.56. The fraction of sp³-hybridized carbons (Fsp3) is 0.250. The molecule has 1 aromatic rings. The molecule has 0 bridgehead atoms. The van der Waals surface area contributed by atoms with Crippen molar-refractivity contribution >= 4 is 29.0 Å². The van der Waals surface area contributed by atoms with Gasteiger partial charge in [-0.05, 0) is 12.1 Å². The van der Waals surface area contributed by atoms with Gasteiger partial charge in [-0.3, -0.25) is 4.79 Å². The van der Waals surface area contributed by atoms with Crippen molar-refractivity contribution in [3.8, 4) is 0 Å². The lowest BCUT2D eigenvalue weighted by Gasteiger charge is -2.07. The van der Waals surface area contributed by atoms with Gasteiger partial charge in [0.05, 0.1) is 11.4 Å². The second-order valence-corrected chi connectivity index (χ2v) is 3.21. The Balaban J connectivity index is 3.15. The molecule has 0 saturated heterocycles. The number of Topliss-reactive ketones (excluding diaryl/α,β-unsaturated/α-hetero) is 1. The molecule has 15 heavy (non-hydrogen) atoms. The van der Waals surface area contributed by atoms with Gasteiger partial charge in [-0.2, -0.15) is 13.2 Å². The first-order chi connectivity index (χ1) is 6.86. The number of alkyl halides is 4. The van der Waals surface area contributed by atoms with Crippen molar-refractivity contribution in [3.05, 3.63) is 28.5 Å². The van der Waals surface area contributed by atoms with Gasteiger partial charge >= 0.3 is 6.18 Å². The van der Waals surface area contributed by atoms with Gasteiger partial charge in [0.1, 0.15) is 10.8 Å². The molecule has 2 nitrogen and oxygen atoms in total.